The van der Waals surface area contributed by atoms with E-state index < -0.39 is 4.33 Å². The van der Waals surface area contributed by atoms with Gasteiger partial charge in [-0.15, -0.1) is 23.2 Å². The van der Waals surface area contributed by atoms with E-state index in [1.807, 2.05) is 24.3 Å². The van der Waals surface area contributed by atoms with E-state index in [0.717, 1.165) is 17.7 Å². The molecule has 0 amide bonds. The largest absolute Gasteiger partial charge is 0.332 e. The van der Waals surface area contributed by atoms with Crippen LogP contribution in [0, 0.1) is 0 Å². The summed E-state index contributed by atoms with van der Waals surface area (Å²) in [6.45, 7) is 0. The number of benzene rings is 2. The molecule has 120 valence electrons. The summed E-state index contributed by atoms with van der Waals surface area (Å²) in [5.41, 5.74) is 2.68. The molecule has 0 aliphatic heterocycles. The molecule has 0 heterocycles. The van der Waals surface area contributed by atoms with Crippen molar-refractivity contribution in [3.8, 4) is 0 Å². The molecular formula is C16H12Cl4N2S. The Hall–Kier alpha value is -0.710. The number of anilines is 2. The second-order valence-electron chi connectivity index (χ2n) is 5.34. The maximum absolute atomic E-state index is 6.11. The molecule has 3 rings (SSSR count). The van der Waals surface area contributed by atoms with Crippen LogP contribution in [0.15, 0.2) is 42.5 Å². The van der Waals surface area contributed by atoms with Gasteiger partial charge >= 0.3 is 0 Å². The van der Waals surface area contributed by atoms with Gasteiger partial charge in [0.25, 0.3) is 0 Å². The van der Waals surface area contributed by atoms with Crippen LogP contribution in [0.4, 0.5) is 11.4 Å². The molecular weight excluding hydrogens is 394 g/mol. The molecule has 23 heavy (non-hydrogen) atoms. The minimum absolute atomic E-state index is 0.206. The average Bonchev–Trinajstić information content (AvgIpc) is 3.12. The summed E-state index contributed by atoms with van der Waals surface area (Å²) in [5.74, 6) is 0.206. The summed E-state index contributed by atoms with van der Waals surface area (Å²) < 4.78 is -0.614. The van der Waals surface area contributed by atoms with Crippen LogP contribution in [0.25, 0.3) is 0 Å². The van der Waals surface area contributed by atoms with Gasteiger partial charge < -0.3 is 10.6 Å². The van der Waals surface area contributed by atoms with Crippen LogP contribution >= 0.6 is 58.6 Å². The lowest BCUT2D eigenvalue weighted by Crippen LogP contribution is -2.19. The molecule has 2 aromatic rings. The number of hydrogen-bond acceptors (Lipinski definition) is 1. The molecule has 2 N–H and O–H groups in total. The quantitative estimate of drug-likeness (QED) is 0.452. The lowest BCUT2D eigenvalue weighted by molar-refractivity contribution is 1.11. The van der Waals surface area contributed by atoms with Gasteiger partial charge in [-0.3, -0.25) is 0 Å². The standard InChI is InChI=1S/C16H12Cl4N2S/c17-10-3-6-14(13(18)7-10)22-15(23)21-11-4-1-9(2-5-11)12-8-16(12,19)20/h1-7,12H,8H2,(H2,21,22,23)/t12-/m1/s1. The highest BCUT2D eigenvalue weighted by Gasteiger charge is 2.52. The van der Waals surface area contributed by atoms with E-state index in [0.29, 0.717) is 20.8 Å². The van der Waals surface area contributed by atoms with Crippen LogP contribution in [0.5, 0.6) is 0 Å². The number of halogens is 4. The zero-order chi connectivity index (χ0) is 16.6. The van der Waals surface area contributed by atoms with Gasteiger partial charge in [0.15, 0.2) is 5.11 Å². The summed E-state index contributed by atoms with van der Waals surface area (Å²) in [6, 6.07) is 13.0. The van der Waals surface area contributed by atoms with E-state index in [1.165, 1.54) is 0 Å². The summed E-state index contributed by atoms with van der Waals surface area (Å²) in [6.07, 6.45) is 0.790. The highest BCUT2D eigenvalue weighted by molar-refractivity contribution is 7.80. The molecule has 0 bridgehead atoms. The highest BCUT2D eigenvalue weighted by Crippen LogP contribution is 2.59. The Morgan fingerprint density at radius 3 is 2.26 bits per heavy atom. The van der Waals surface area contributed by atoms with Gasteiger partial charge in [0.05, 0.1) is 10.7 Å². The van der Waals surface area contributed by atoms with Crippen molar-refractivity contribution in [2.45, 2.75) is 16.7 Å². The highest BCUT2D eigenvalue weighted by atomic mass is 35.5. The minimum Gasteiger partial charge on any atom is -0.332 e. The molecule has 0 spiro atoms. The molecule has 0 aromatic heterocycles. The van der Waals surface area contributed by atoms with Crippen molar-refractivity contribution >= 4 is 75.1 Å². The van der Waals surface area contributed by atoms with E-state index in [9.17, 15) is 0 Å². The van der Waals surface area contributed by atoms with Crippen LogP contribution in [0.2, 0.25) is 10.0 Å². The van der Waals surface area contributed by atoms with Crippen molar-refractivity contribution in [3.05, 3.63) is 58.1 Å². The number of thiocarbonyl (C=S) groups is 1. The number of nitrogens with one attached hydrogen (secondary N) is 2. The fourth-order valence-corrected chi connectivity index (χ4v) is 3.49. The third-order valence-corrected chi connectivity index (χ3v) is 5.16. The van der Waals surface area contributed by atoms with Crippen molar-refractivity contribution in [2.24, 2.45) is 0 Å². The van der Waals surface area contributed by atoms with E-state index in [4.69, 9.17) is 58.6 Å². The lowest BCUT2D eigenvalue weighted by atomic mass is 10.1. The Balaban J connectivity index is 1.61. The maximum atomic E-state index is 6.11. The SMILES string of the molecule is S=C(Nc1ccc([C@H]2CC2(Cl)Cl)cc1)Nc1ccc(Cl)cc1Cl. The monoisotopic (exact) mass is 404 g/mol. The van der Waals surface area contributed by atoms with Gasteiger partial charge in [0.2, 0.25) is 0 Å². The third kappa shape index (κ3) is 4.23. The van der Waals surface area contributed by atoms with Crippen LogP contribution in [-0.4, -0.2) is 9.45 Å². The topological polar surface area (TPSA) is 24.1 Å². The maximum Gasteiger partial charge on any atom is 0.175 e. The zero-order valence-electron chi connectivity index (χ0n) is 11.7. The van der Waals surface area contributed by atoms with E-state index >= 15 is 0 Å². The Morgan fingerprint density at radius 1 is 1.04 bits per heavy atom. The molecule has 0 saturated heterocycles. The van der Waals surface area contributed by atoms with Gasteiger partial charge in [-0.05, 0) is 54.5 Å². The molecule has 2 aromatic carbocycles. The van der Waals surface area contributed by atoms with Crippen molar-refractivity contribution < 1.29 is 0 Å². The van der Waals surface area contributed by atoms with Gasteiger partial charge in [0.1, 0.15) is 4.33 Å². The first kappa shape index (κ1) is 17.1. The molecule has 1 aliphatic rings. The molecule has 0 radical (unpaired) electrons. The first-order chi connectivity index (χ1) is 10.8. The first-order valence-corrected chi connectivity index (χ1v) is 8.78. The third-order valence-electron chi connectivity index (χ3n) is 3.58. The Bertz CT molecular complexity index is 746. The summed E-state index contributed by atoms with van der Waals surface area (Å²) >= 11 is 29.4. The smallest absolute Gasteiger partial charge is 0.175 e. The van der Waals surface area contributed by atoms with E-state index in [1.54, 1.807) is 18.2 Å². The normalized spacial score (nSPS) is 18.3. The molecule has 1 atom stereocenters. The van der Waals surface area contributed by atoms with Gasteiger partial charge in [-0.2, -0.15) is 0 Å². The predicted molar refractivity (Wildman–Crippen MR) is 105 cm³/mol. The molecule has 2 nitrogen and oxygen atoms in total. The second kappa shape index (κ2) is 6.66. The van der Waals surface area contributed by atoms with Gasteiger partial charge in [-0.1, -0.05) is 35.3 Å². The average molecular weight is 406 g/mol. The summed E-state index contributed by atoms with van der Waals surface area (Å²) in [7, 11) is 0. The fourth-order valence-electron chi connectivity index (χ4n) is 2.25. The van der Waals surface area contributed by atoms with Crippen LogP contribution in [0.1, 0.15) is 17.9 Å². The van der Waals surface area contributed by atoms with Crippen LogP contribution < -0.4 is 10.6 Å². The van der Waals surface area contributed by atoms with Crippen molar-refractivity contribution in [1.29, 1.82) is 0 Å². The van der Waals surface area contributed by atoms with Crippen molar-refractivity contribution in [2.75, 3.05) is 10.6 Å². The van der Waals surface area contributed by atoms with Gasteiger partial charge in [-0.25, -0.2) is 0 Å². The minimum atomic E-state index is -0.614. The molecule has 1 saturated carbocycles. The number of hydrogen-bond donors (Lipinski definition) is 2. The summed E-state index contributed by atoms with van der Waals surface area (Å²) in [5, 5.41) is 7.66. The Kier molecular flexibility index (Phi) is 4.96. The summed E-state index contributed by atoms with van der Waals surface area (Å²) in [4.78, 5) is 0. The second-order valence-corrected chi connectivity index (χ2v) is 8.14. The molecule has 1 fully saturated rings. The fraction of sp³-hybridized carbons (Fsp3) is 0.188. The Labute approximate surface area is 160 Å². The molecule has 1 aliphatic carbocycles. The van der Waals surface area contributed by atoms with E-state index in [2.05, 4.69) is 10.6 Å². The van der Waals surface area contributed by atoms with Crippen LogP contribution in [-0.2, 0) is 0 Å². The Morgan fingerprint density at radius 2 is 1.70 bits per heavy atom. The van der Waals surface area contributed by atoms with E-state index in [-0.39, 0.29) is 5.92 Å². The van der Waals surface area contributed by atoms with Crippen LogP contribution in [0.3, 0.4) is 0 Å². The number of rotatable bonds is 3. The van der Waals surface area contributed by atoms with Crippen molar-refractivity contribution in [1.82, 2.24) is 0 Å². The lowest BCUT2D eigenvalue weighted by Gasteiger charge is -2.12. The first-order valence-electron chi connectivity index (χ1n) is 6.86. The zero-order valence-corrected chi connectivity index (χ0v) is 15.6. The van der Waals surface area contributed by atoms with Gasteiger partial charge in [0, 0.05) is 16.6 Å². The van der Waals surface area contributed by atoms with Crippen molar-refractivity contribution in [3.63, 3.8) is 0 Å². The molecule has 7 heteroatoms. The predicted octanol–water partition coefficient (Wildman–Crippen LogP) is 6.46. The number of alkyl halides is 2. The molecule has 0 unspecified atom stereocenters.